The standard InChI is InChI=1S/C6H15S2.C2HF3O2/c1-4-8(5-2)6-7-3;3-2(4,5)1(6)7/h4-6H2,1-3H3;(H,6,7)/q+1;/p-1. The first-order chi connectivity index (χ1) is 6.79. The Bertz CT molecular complexity index is 170. The van der Waals surface area contributed by atoms with E-state index in [0.29, 0.717) is 0 Å². The Labute approximate surface area is 95.0 Å². The summed E-state index contributed by atoms with van der Waals surface area (Å²) in [6.45, 7) is 4.56. The first kappa shape index (κ1) is 17.4. The third-order valence-electron chi connectivity index (χ3n) is 1.33. The molecule has 0 N–H and O–H groups in total. The SMILES string of the molecule is CC[S+](CC)CSC.O=C([O-])C(F)(F)F. The second kappa shape index (κ2) is 9.21. The summed E-state index contributed by atoms with van der Waals surface area (Å²) < 4.78 is 31.5. The molecule has 0 saturated carbocycles. The molecule has 92 valence electrons. The van der Waals surface area contributed by atoms with Crippen LogP contribution in [-0.4, -0.2) is 35.0 Å². The Kier molecular flexibility index (Phi) is 10.7. The summed E-state index contributed by atoms with van der Waals surface area (Å²) >= 11 is 1.97. The van der Waals surface area contributed by atoms with Crippen LogP contribution in [0.15, 0.2) is 0 Å². The van der Waals surface area contributed by atoms with Crippen molar-refractivity contribution in [1.82, 2.24) is 0 Å². The van der Waals surface area contributed by atoms with E-state index in [9.17, 15) is 13.2 Å². The van der Waals surface area contributed by atoms with Crippen LogP contribution in [0.3, 0.4) is 0 Å². The fraction of sp³-hybridized carbons (Fsp3) is 0.875. The zero-order chi connectivity index (χ0) is 12.5. The number of aliphatic carboxylic acids is 1. The van der Waals surface area contributed by atoms with Crippen molar-refractivity contribution in [2.24, 2.45) is 0 Å². The number of carbonyl (C=O) groups excluding carboxylic acids is 1. The zero-order valence-electron chi connectivity index (χ0n) is 8.89. The van der Waals surface area contributed by atoms with Crippen molar-refractivity contribution in [3.63, 3.8) is 0 Å². The first-order valence-corrected chi connectivity index (χ1v) is 7.33. The van der Waals surface area contributed by atoms with Crippen molar-refractivity contribution in [3.05, 3.63) is 0 Å². The van der Waals surface area contributed by atoms with Crippen molar-refractivity contribution < 1.29 is 23.1 Å². The number of rotatable bonds is 4. The van der Waals surface area contributed by atoms with Gasteiger partial charge in [-0.25, -0.2) is 0 Å². The molecule has 0 fully saturated rings. The van der Waals surface area contributed by atoms with E-state index in [2.05, 4.69) is 20.1 Å². The lowest BCUT2D eigenvalue weighted by Crippen LogP contribution is -2.37. The minimum atomic E-state index is -5.19. The molecule has 0 aliphatic carbocycles. The van der Waals surface area contributed by atoms with Crippen LogP contribution in [0, 0.1) is 0 Å². The average Bonchev–Trinajstić information content (AvgIpc) is 2.13. The number of alkyl halides is 3. The molecule has 0 amide bonds. The van der Waals surface area contributed by atoms with Crippen molar-refractivity contribution in [3.8, 4) is 0 Å². The molecular weight excluding hydrogens is 249 g/mol. The summed E-state index contributed by atoms with van der Waals surface area (Å²) in [5.41, 5.74) is 0. The van der Waals surface area contributed by atoms with Crippen LogP contribution in [0.25, 0.3) is 0 Å². The van der Waals surface area contributed by atoms with Gasteiger partial charge in [0, 0.05) is 0 Å². The first-order valence-electron chi connectivity index (χ1n) is 4.20. The molecule has 0 spiro atoms. The van der Waals surface area contributed by atoms with Gasteiger partial charge < -0.3 is 9.90 Å². The fourth-order valence-corrected chi connectivity index (χ4v) is 3.61. The van der Waals surface area contributed by atoms with Gasteiger partial charge in [-0.3, -0.25) is 0 Å². The maximum absolute atomic E-state index is 10.5. The van der Waals surface area contributed by atoms with Gasteiger partial charge in [-0.05, 0) is 31.0 Å². The van der Waals surface area contributed by atoms with Gasteiger partial charge in [-0.1, -0.05) is 0 Å². The highest BCUT2D eigenvalue weighted by Gasteiger charge is 2.28. The Morgan fingerprint density at radius 3 is 1.73 bits per heavy atom. The molecule has 0 aromatic carbocycles. The van der Waals surface area contributed by atoms with Crippen molar-refractivity contribution in [1.29, 1.82) is 0 Å². The molecule has 0 aliphatic heterocycles. The summed E-state index contributed by atoms with van der Waals surface area (Å²) in [4.78, 5) is 8.78. The monoisotopic (exact) mass is 264 g/mol. The highest BCUT2D eigenvalue weighted by Crippen LogP contribution is 2.11. The largest absolute Gasteiger partial charge is 0.542 e. The number of carboxylic acids is 1. The van der Waals surface area contributed by atoms with Crippen LogP contribution in [0.5, 0.6) is 0 Å². The molecule has 2 nitrogen and oxygen atoms in total. The Balaban J connectivity index is 0. The molecular formula is C8H15F3O2S2. The molecule has 0 rings (SSSR count). The Hall–Kier alpha value is -0.0400. The summed E-state index contributed by atoms with van der Waals surface area (Å²) in [5.74, 6) is -0.262. The molecule has 0 aliphatic rings. The van der Waals surface area contributed by atoms with Gasteiger partial charge in [0.1, 0.15) is 17.5 Å². The smallest absolute Gasteiger partial charge is 0.430 e. The fourth-order valence-electron chi connectivity index (χ4n) is 0.537. The molecule has 7 heteroatoms. The highest BCUT2D eigenvalue weighted by molar-refractivity contribution is 8.14. The van der Waals surface area contributed by atoms with Crippen LogP contribution >= 0.6 is 11.8 Å². The van der Waals surface area contributed by atoms with E-state index in [4.69, 9.17) is 9.90 Å². The lowest BCUT2D eigenvalue weighted by atomic mass is 10.7. The van der Waals surface area contributed by atoms with Gasteiger partial charge in [0.05, 0.1) is 0 Å². The van der Waals surface area contributed by atoms with Crippen molar-refractivity contribution in [2.45, 2.75) is 20.0 Å². The zero-order valence-corrected chi connectivity index (χ0v) is 10.5. The summed E-state index contributed by atoms with van der Waals surface area (Å²) in [6.07, 6.45) is -3.01. The predicted molar refractivity (Wildman–Crippen MR) is 57.9 cm³/mol. The van der Waals surface area contributed by atoms with E-state index in [0.717, 1.165) is 10.9 Å². The number of carbonyl (C=O) groups is 1. The van der Waals surface area contributed by atoms with Gasteiger partial charge >= 0.3 is 6.18 Å². The number of hydrogen-bond donors (Lipinski definition) is 0. The molecule has 0 bridgehead atoms. The van der Waals surface area contributed by atoms with Gasteiger partial charge in [0.2, 0.25) is 0 Å². The predicted octanol–water partition coefficient (Wildman–Crippen LogP) is 1.26. The van der Waals surface area contributed by atoms with Gasteiger partial charge in [-0.15, -0.1) is 11.8 Å². The summed E-state index contributed by atoms with van der Waals surface area (Å²) in [5, 5.41) is 10.2. The quantitative estimate of drug-likeness (QED) is 0.718. The van der Waals surface area contributed by atoms with E-state index in [1.165, 1.54) is 16.6 Å². The van der Waals surface area contributed by atoms with Crippen LogP contribution in [0.2, 0.25) is 0 Å². The second-order valence-corrected chi connectivity index (χ2v) is 6.28. The Morgan fingerprint density at radius 1 is 1.33 bits per heavy atom. The lowest BCUT2D eigenvalue weighted by Gasteiger charge is -2.03. The minimum absolute atomic E-state index is 0.725. The lowest BCUT2D eigenvalue weighted by molar-refractivity contribution is -0.344. The summed E-state index contributed by atoms with van der Waals surface area (Å²) in [7, 11) is 0.725. The third-order valence-corrected chi connectivity index (χ3v) is 5.24. The molecule has 15 heavy (non-hydrogen) atoms. The number of carboxylic acid groups (broad SMARTS) is 1. The number of hydrogen-bond acceptors (Lipinski definition) is 3. The molecule has 0 radical (unpaired) electrons. The van der Waals surface area contributed by atoms with E-state index in [-0.39, 0.29) is 0 Å². The van der Waals surface area contributed by atoms with Crippen LogP contribution in [0.1, 0.15) is 13.8 Å². The maximum atomic E-state index is 10.5. The second-order valence-electron chi connectivity index (χ2n) is 2.38. The van der Waals surface area contributed by atoms with E-state index in [1.54, 1.807) is 0 Å². The number of halogens is 3. The maximum Gasteiger partial charge on any atom is 0.430 e. The van der Waals surface area contributed by atoms with Crippen LogP contribution in [0.4, 0.5) is 13.2 Å². The molecule has 0 heterocycles. The highest BCUT2D eigenvalue weighted by atomic mass is 32.2. The molecule has 0 saturated heterocycles. The van der Waals surface area contributed by atoms with Gasteiger partial charge in [0.15, 0.2) is 5.08 Å². The normalized spacial score (nSPS) is 10.9. The van der Waals surface area contributed by atoms with Crippen LogP contribution < -0.4 is 5.11 Å². The molecule has 0 aromatic rings. The van der Waals surface area contributed by atoms with E-state index >= 15 is 0 Å². The topological polar surface area (TPSA) is 40.1 Å². The van der Waals surface area contributed by atoms with Gasteiger partial charge in [0.25, 0.3) is 0 Å². The summed E-state index contributed by atoms with van der Waals surface area (Å²) in [6, 6.07) is 0. The van der Waals surface area contributed by atoms with Crippen LogP contribution in [-0.2, 0) is 15.7 Å². The molecule has 0 aromatic heterocycles. The van der Waals surface area contributed by atoms with E-state index in [1.807, 2.05) is 11.8 Å². The number of thioether (sulfide) groups is 1. The van der Waals surface area contributed by atoms with Gasteiger partial charge in [-0.2, -0.15) is 13.2 Å². The van der Waals surface area contributed by atoms with Crippen molar-refractivity contribution in [2.75, 3.05) is 22.8 Å². The third kappa shape index (κ3) is 11.9. The minimum Gasteiger partial charge on any atom is -0.542 e. The molecule has 0 atom stereocenters. The molecule has 0 unspecified atom stereocenters. The van der Waals surface area contributed by atoms with E-state index < -0.39 is 12.1 Å². The Morgan fingerprint density at radius 2 is 1.67 bits per heavy atom. The van der Waals surface area contributed by atoms with Crippen molar-refractivity contribution >= 4 is 28.6 Å². The average molecular weight is 264 g/mol.